The predicted molar refractivity (Wildman–Crippen MR) is 173 cm³/mol. The number of aryl methyl sites for hydroxylation is 1. The Balaban J connectivity index is 2.06. The molecule has 7 nitrogen and oxygen atoms in total. The summed E-state index contributed by atoms with van der Waals surface area (Å²) in [7, 11) is -4.14. The number of carbonyl (C=O) groups excluding carboxylic acids is 2. The van der Waals surface area contributed by atoms with Gasteiger partial charge < -0.3 is 10.2 Å². The Kier molecular flexibility index (Phi) is 12.2. The Hall–Kier alpha value is -2.72. The number of hydrogen-bond acceptors (Lipinski definition) is 5. The Bertz CT molecular complexity index is 1480. The Morgan fingerprint density at radius 1 is 0.952 bits per heavy atom. The minimum Gasteiger partial charge on any atom is -0.354 e. The van der Waals surface area contributed by atoms with Gasteiger partial charge in [-0.3, -0.25) is 13.9 Å². The molecule has 0 saturated heterocycles. The van der Waals surface area contributed by atoms with Gasteiger partial charge in [-0.25, -0.2) is 8.42 Å². The fraction of sp³-hybridized carbons (Fsp3) is 0.355. The van der Waals surface area contributed by atoms with E-state index in [4.69, 9.17) is 23.2 Å². The largest absolute Gasteiger partial charge is 0.354 e. The number of carbonyl (C=O) groups is 2. The first-order valence-electron chi connectivity index (χ1n) is 13.6. The molecule has 226 valence electrons. The van der Waals surface area contributed by atoms with Gasteiger partial charge >= 0.3 is 0 Å². The Labute approximate surface area is 263 Å². The van der Waals surface area contributed by atoms with Crippen molar-refractivity contribution in [3.05, 3.63) is 87.9 Å². The zero-order chi connectivity index (χ0) is 31.0. The van der Waals surface area contributed by atoms with E-state index < -0.39 is 28.5 Å². The van der Waals surface area contributed by atoms with E-state index in [1.54, 1.807) is 54.6 Å². The van der Waals surface area contributed by atoms with Crippen LogP contribution in [0.15, 0.2) is 76.5 Å². The zero-order valence-electron chi connectivity index (χ0n) is 24.4. The summed E-state index contributed by atoms with van der Waals surface area (Å²) >= 11 is 13.9. The third-order valence-corrected chi connectivity index (χ3v) is 9.93. The summed E-state index contributed by atoms with van der Waals surface area (Å²) in [4.78, 5) is 29.9. The molecule has 3 rings (SSSR count). The van der Waals surface area contributed by atoms with Crippen LogP contribution in [-0.2, 0) is 26.2 Å². The van der Waals surface area contributed by atoms with Gasteiger partial charge in [0.25, 0.3) is 10.0 Å². The van der Waals surface area contributed by atoms with Gasteiger partial charge in [-0.05, 0) is 79.6 Å². The van der Waals surface area contributed by atoms with Crippen molar-refractivity contribution < 1.29 is 18.0 Å². The first kappa shape index (κ1) is 33.8. The lowest BCUT2D eigenvalue weighted by atomic mass is 10.1. The molecule has 0 saturated carbocycles. The summed E-state index contributed by atoms with van der Waals surface area (Å²) in [6.45, 7) is 7.65. The number of nitrogens with zero attached hydrogens (tertiary/aromatic N) is 2. The maximum atomic E-state index is 14.1. The molecule has 11 heteroatoms. The Morgan fingerprint density at radius 3 is 2.14 bits per heavy atom. The molecule has 0 radical (unpaired) electrons. The topological polar surface area (TPSA) is 86.8 Å². The van der Waals surface area contributed by atoms with Gasteiger partial charge in [-0.1, -0.05) is 67.7 Å². The summed E-state index contributed by atoms with van der Waals surface area (Å²) in [5.41, 5.74) is 1.95. The number of thioether (sulfide) groups is 1. The maximum absolute atomic E-state index is 14.1. The minimum atomic E-state index is -4.14. The van der Waals surface area contributed by atoms with Crippen molar-refractivity contribution in [2.75, 3.05) is 23.7 Å². The first-order chi connectivity index (χ1) is 19.9. The van der Waals surface area contributed by atoms with Crippen LogP contribution < -0.4 is 9.62 Å². The molecule has 2 amide bonds. The molecular formula is C31H37Cl2N3O4S2. The van der Waals surface area contributed by atoms with Crippen molar-refractivity contribution in [1.82, 2.24) is 10.2 Å². The molecule has 0 aliphatic heterocycles. The molecule has 0 fully saturated rings. The first-order valence-corrected chi connectivity index (χ1v) is 17.0. The maximum Gasteiger partial charge on any atom is 0.264 e. The molecule has 1 atom stereocenters. The molecule has 1 N–H and O–H groups in total. The highest BCUT2D eigenvalue weighted by Crippen LogP contribution is 2.28. The highest BCUT2D eigenvalue weighted by atomic mass is 35.5. The number of rotatable bonds is 13. The van der Waals surface area contributed by atoms with Crippen LogP contribution in [0.25, 0.3) is 0 Å². The number of anilines is 1. The van der Waals surface area contributed by atoms with E-state index in [0.29, 0.717) is 34.3 Å². The van der Waals surface area contributed by atoms with E-state index in [-0.39, 0.29) is 23.3 Å². The number of benzene rings is 3. The lowest BCUT2D eigenvalue weighted by Crippen LogP contribution is -2.52. The molecule has 0 aliphatic rings. The van der Waals surface area contributed by atoms with Crippen molar-refractivity contribution in [2.24, 2.45) is 5.92 Å². The average molecular weight is 651 g/mol. The highest BCUT2D eigenvalue weighted by molar-refractivity contribution is 7.98. The van der Waals surface area contributed by atoms with Gasteiger partial charge in [0.15, 0.2) is 0 Å². The average Bonchev–Trinajstić information content (AvgIpc) is 2.96. The van der Waals surface area contributed by atoms with E-state index in [0.717, 1.165) is 14.8 Å². The third-order valence-electron chi connectivity index (χ3n) is 6.66. The fourth-order valence-corrected chi connectivity index (χ4v) is 6.43. The number of hydrogen-bond donors (Lipinski definition) is 1. The van der Waals surface area contributed by atoms with E-state index in [9.17, 15) is 18.0 Å². The van der Waals surface area contributed by atoms with Crippen molar-refractivity contribution >= 4 is 62.5 Å². The van der Waals surface area contributed by atoms with Gasteiger partial charge in [0.1, 0.15) is 12.6 Å². The number of halogens is 2. The normalized spacial score (nSPS) is 12.2. The van der Waals surface area contributed by atoms with Gasteiger partial charge in [0.2, 0.25) is 11.8 Å². The van der Waals surface area contributed by atoms with E-state index in [1.165, 1.54) is 28.8 Å². The molecule has 3 aromatic carbocycles. The molecule has 0 aliphatic carbocycles. The second-order valence-electron chi connectivity index (χ2n) is 10.4. The molecule has 0 heterocycles. The lowest BCUT2D eigenvalue weighted by Gasteiger charge is -2.33. The SMILES string of the molecule is CCC(C(=O)NCC(C)C)N(Cc1ccc(Cl)c(Cl)c1)C(=O)CN(c1ccc(C)cc1)S(=O)(=O)c1ccc(SC)cc1. The highest BCUT2D eigenvalue weighted by Gasteiger charge is 2.33. The summed E-state index contributed by atoms with van der Waals surface area (Å²) < 4.78 is 29.1. The second kappa shape index (κ2) is 15.1. The molecule has 3 aromatic rings. The number of nitrogens with one attached hydrogen (secondary N) is 1. The van der Waals surface area contributed by atoms with Crippen LogP contribution in [-0.4, -0.2) is 50.5 Å². The van der Waals surface area contributed by atoms with E-state index in [1.807, 2.05) is 34.0 Å². The Morgan fingerprint density at radius 2 is 1.60 bits per heavy atom. The standard InChI is InChI=1S/C31H37Cl2N3O4S2/c1-6-29(31(38)34-18-21(2)3)35(19-23-9-16-27(32)28(33)17-23)30(37)20-36(24-10-7-22(4)8-11-24)42(39,40)26-14-12-25(41-5)13-15-26/h7-17,21,29H,6,18-20H2,1-5H3,(H,34,38). The zero-order valence-corrected chi connectivity index (χ0v) is 27.6. The van der Waals surface area contributed by atoms with Gasteiger partial charge in [0, 0.05) is 18.0 Å². The van der Waals surface area contributed by atoms with Gasteiger partial charge in [-0.15, -0.1) is 11.8 Å². The molecule has 0 bridgehead atoms. The summed E-state index contributed by atoms with van der Waals surface area (Å²) in [6.07, 6.45) is 2.23. The fourth-order valence-electron chi connectivity index (χ4n) is 4.29. The molecule has 42 heavy (non-hydrogen) atoms. The van der Waals surface area contributed by atoms with Crippen LogP contribution in [0.2, 0.25) is 10.0 Å². The predicted octanol–water partition coefficient (Wildman–Crippen LogP) is 6.80. The summed E-state index contributed by atoms with van der Waals surface area (Å²) in [5, 5.41) is 3.60. The lowest BCUT2D eigenvalue weighted by molar-refractivity contribution is -0.140. The van der Waals surface area contributed by atoms with Crippen molar-refractivity contribution in [1.29, 1.82) is 0 Å². The van der Waals surface area contributed by atoms with Crippen LogP contribution in [0.3, 0.4) is 0 Å². The van der Waals surface area contributed by atoms with Crippen molar-refractivity contribution in [2.45, 2.75) is 56.5 Å². The summed E-state index contributed by atoms with van der Waals surface area (Å²) in [6, 6.07) is 17.6. The van der Waals surface area contributed by atoms with Gasteiger partial charge in [-0.2, -0.15) is 0 Å². The molecule has 0 spiro atoms. The van der Waals surface area contributed by atoms with Crippen LogP contribution in [0, 0.1) is 12.8 Å². The number of amides is 2. The van der Waals surface area contributed by atoms with E-state index >= 15 is 0 Å². The van der Waals surface area contributed by atoms with E-state index in [2.05, 4.69) is 5.32 Å². The van der Waals surface area contributed by atoms with Crippen LogP contribution in [0.4, 0.5) is 5.69 Å². The molecule has 1 unspecified atom stereocenters. The van der Waals surface area contributed by atoms with Crippen molar-refractivity contribution in [3.8, 4) is 0 Å². The quantitative estimate of drug-likeness (QED) is 0.206. The van der Waals surface area contributed by atoms with Gasteiger partial charge in [0.05, 0.1) is 20.6 Å². The summed E-state index contributed by atoms with van der Waals surface area (Å²) in [5.74, 6) is -0.625. The van der Waals surface area contributed by atoms with Crippen LogP contribution >= 0.6 is 35.0 Å². The smallest absolute Gasteiger partial charge is 0.264 e. The third kappa shape index (κ3) is 8.66. The van der Waals surface area contributed by atoms with Crippen LogP contribution in [0.5, 0.6) is 0 Å². The van der Waals surface area contributed by atoms with Crippen LogP contribution in [0.1, 0.15) is 38.3 Å². The molecule has 0 aromatic heterocycles. The second-order valence-corrected chi connectivity index (χ2v) is 13.9. The minimum absolute atomic E-state index is 0.0353. The van der Waals surface area contributed by atoms with Crippen molar-refractivity contribution in [3.63, 3.8) is 0 Å². The molecular weight excluding hydrogens is 613 g/mol. The monoisotopic (exact) mass is 649 g/mol. The number of sulfonamides is 1.